The van der Waals surface area contributed by atoms with Crippen molar-refractivity contribution in [2.45, 2.75) is 18.4 Å². The van der Waals surface area contributed by atoms with E-state index in [1.165, 1.54) is 11.1 Å². The van der Waals surface area contributed by atoms with Crippen molar-refractivity contribution in [1.82, 2.24) is 5.32 Å². The molecule has 7 aromatic rings. The van der Waals surface area contributed by atoms with Gasteiger partial charge in [0.25, 0.3) is 0 Å². The highest BCUT2D eigenvalue weighted by Crippen LogP contribution is 2.57. The van der Waals surface area contributed by atoms with Crippen LogP contribution in [0.2, 0.25) is 0 Å². The van der Waals surface area contributed by atoms with Crippen LogP contribution in [0.25, 0.3) is 27.6 Å². The molecule has 0 fully saturated rings. The lowest BCUT2D eigenvalue weighted by Gasteiger charge is -2.34. The molecule has 0 saturated heterocycles. The lowest BCUT2D eigenvalue weighted by molar-refractivity contribution is 0.269. The molecule has 0 bridgehead atoms. The molecule has 3 heterocycles. The highest BCUT2D eigenvalue weighted by atomic mass is 16.5. The van der Waals surface area contributed by atoms with Crippen LogP contribution >= 0.6 is 0 Å². The molecule has 0 aliphatic carbocycles. The number of ether oxygens (including phenoxy) is 1. The van der Waals surface area contributed by atoms with Gasteiger partial charge in [-0.1, -0.05) is 169 Å². The number of nitrogens with zero attached hydrogens (tertiary/aromatic N) is 3. The molecule has 2 atom stereocenters. The van der Waals surface area contributed by atoms with Crippen molar-refractivity contribution in [3.8, 4) is 28.0 Å². The Kier molecular flexibility index (Phi) is 7.57. The van der Waals surface area contributed by atoms with E-state index in [1.807, 2.05) is 36.4 Å². The van der Waals surface area contributed by atoms with Crippen molar-refractivity contribution >= 4 is 23.0 Å². The van der Waals surface area contributed by atoms with Gasteiger partial charge < -0.3 is 20.7 Å². The van der Waals surface area contributed by atoms with Crippen molar-refractivity contribution in [3.05, 3.63) is 215 Å². The summed E-state index contributed by atoms with van der Waals surface area (Å²) >= 11 is 0. The summed E-state index contributed by atoms with van der Waals surface area (Å²) in [6.45, 7) is 0. The minimum atomic E-state index is -0.418. The van der Waals surface area contributed by atoms with Gasteiger partial charge in [-0.15, -0.1) is 0 Å². The van der Waals surface area contributed by atoms with E-state index in [2.05, 4.69) is 150 Å². The average molecular weight is 685 g/mol. The Labute approximate surface area is 308 Å². The van der Waals surface area contributed by atoms with Crippen molar-refractivity contribution in [2.24, 2.45) is 9.98 Å². The van der Waals surface area contributed by atoms with Gasteiger partial charge in [0.1, 0.15) is 17.4 Å². The first-order chi connectivity index (χ1) is 26.2. The molecule has 2 N–H and O–H groups in total. The van der Waals surface area contributed by atoms with Crippen LogP contribution in [-0.2, 0) is 0 Å². The highest BCUT2D eigenvalue weighted by Gasteiger charge is 2.29. The van der Waals surface area contributed by atoms with E-state index in [1.54, 1.807) is 0 Å². The zero-order valence-electron chi connectivity index (χ0n) is 28.7. The number of nitrogens with one attached hydrogen (secondary N) is 2. The molecule has 53 heavy (non-hydrogen) atoms. The van der Waals surface area contributed by atoms with Gasteiger partial charge in [0, 0.05) is 22.4 Å². The van der Waals surface area contributed by atoms with Gasteiger partial charge in [0.05, 0.1) is 12.3 Å². The fourth-order valence-corrected chi connectivity index (χ4v) is 7.48. The normalized spacial score (nSPS) is 17.1. The Morgan fingerprint density at radius 3 is 1.70 bits per heavy atom. The largest absolute Gasteiger partial charge is 0.642 e. The maximum atomic E-state index is 6.51. The molecule has 2 unspecified atom stereocenters. The van der Waals surface area contributed by atoms with E-state index in [0.29, 0.717) is 0 Å². The smallest absolute Gasteiger partial charge is 0.169 e. The van der Waals surface area contributed by atoms with Crippen LogP contribution in [0.5, 0.6) is 5.75 Å². The minimum Gasteiger partial charge on any atom is -0.642 e. The summed E-state index contributed by atoms with van der Waals surface area (Å²) in [6, 6.07) is 60.8. The molecule has 0 spiro atoms. The standard InChI is InChI=1S/C47H34N5O/c1-4-12-32(13-5-1)42-38-28-29-40-43(41(38)37-18-10-11-19-39(37)48-42)49-47(53-40)36-26-22-31(23-27-36)30-20-24-35(25-21-30)46-51-44(33-14-6-2-7-15-33)50-45(52-46)34-16-8-3-9-17-34/h1-29,42,46-48H,(H,50,51,52)/q-1. The number of rotatable bonds is 6. The van der Waals surface area contributed by atoms with E-state index in [0.717, 1.165) is 73.3 Å². The van der Waals surface area contributed by atoms with E-state index in [-0.39, 0.29) is 12.2 Å². The Balaban J connectivity index is 0.910. The van der Waals surface area contributed by atoms with Gasteiger partial charge in [-0.3, -0.25) is 0 Å². The van der Waals surface area contributed by atoms with Gasteiger partial charge in [-0.05, 0) is 51.1 Å². The Bertz CT molecular complexity index is 2440. The lowest BCUT2D eigenvalue weighted by Crippen LogP contribution is -2.35. The molecule has 7 aromatic carbocycles. The van der Waals surface area contributed by atoms with E-state index >= 15 is 0 Å². The zero-order chi connectivity index (χ0) is 35.1. The van der Waals surface area contributed by atoms with E-state index in [9.17, 15) is 0 Å². The zero-order valence-corrected chi connectivity index (χ0v) is 28.7. The topological polar surface area (TPSA) is 72.1 Å². The molecule has 0 saturated carbocycles. The average Bonchev–Trinajstić information content (AvgIpc) is 3.69. The first-order valence-corrected chi connectivity index (χ1v) is 17.9. The third-order valence-electron chi connectivity index (χ3n) is 10.2. The van der Waals surface area contributed by atoms with Crippen molar-refractivity contribution < 1.29 is 4.74 Å². The van der Waals surface area contributed by atoms with Crippen molar-refractivity contribution in [3.63, 3.8) is 0 Å². The summed E-state index contributed by atoms with van der Waals surface area (Å²) in [5.74, 6) is 2.43. The second-order valence-corrected chi connectivity index (χ2v) is 13.4. The molecule has 254 valence electrons. The monoisotopic (exact) mass is 684 g/mol. The first-order valence-electron chi connectivity index (χ1n) is 17.9. The quantitative estimate of drug-likeness (QED) is 0.183. The molecule has 0 amide bonds. The maximum absolute atomic E-state index is 6.51. The summed E-state index contributed by atoms with van der Waals surface area (Å²) in [5.41, 5.74) is 13.0. The molecule has 0 aromatic heterocycles. The second-order valence-electron chi connectivity index (χ2n) is 13.4. The summed E-state index contributed by atoms with van der Waals surface area (Å²) in [4.78, 5) is 10.0. The number of amidine groups is 2. The SMILES string of the molecule is c1ccc(C2=NC(c3ccc(-c4ccc(C5[N-]c6c(ccc7c6-c6ccccc6NC7c6ccccc6)O5)cc4)cc3)N=C(c3ccccc3)N2)cc1. The number of para-hydroxylation sites is 1. The predicted molar refractivity (Wildman–Crippen MR) is 214 cm³/mol. The van der Waals surface area contributed by atoms with E-state index < -0.39 is 6.23 Å². The molecule has 6 nitrogen and oxygen atoms in total. The number of aliphatic imine (C=N–C) groups is 2. The summed E-state index contributed by atoms with van der Waals surface area (Å²) in [7, 11) is 0. The third kappa shape index (κ3) is 5.71. The number of fused-ring (bicyclic) bond motifs is 5. The van der Waals surface area contributed by atoms with Gasteiger partial charge in [-0.25, -0.2) is 9.98 Å². The Hall–Kier alpha value is -6.92. The van der Waals surface area contributed by atoms with E-state index in [4.69, 9.17) is 20.0 Å². The third-order valence-corrected chi connectivity index (χ3v) is 10.2. The second kappa shape index (κ2) is 13.0. The van der Waals surface area contributed by atoms with Crippen molar-refractivity contribution in [1.29, 1.82) is 0 Å². The first kappa shape index (κ1) is 30.9. The maximum Gasteiger partial charge on any atom is 0.169 e. The molecule has 3 aliphatic heterocycles. The number of hydrogen-bond donors (Lipinski definition) is 2. The number of anilines is 1. The van der Waals surface area contributed by atoms with Crippen LogP contribution in [0, 0.1) is 0 Å². The fourth-order valence-electron chi connectivity index (χ4n) is 7.48. The number of hydrogen-bond acceptors (Lipinski definition) is 5. The predicted octanol–water partition coefficient (Wildman–Crippen LogP) is 11.1. The summed E-state index contributed by atoms with van der Waals surface area (Å²) in [6.07, 6.45) is -0.782. The Morgan fingerprint density at radius 1 is 0.491 bits per heavy atom. The van der Waals surface area contributed by atoms with Crippen LogP contribution in [0.3, 0.4) is 0 Å². The summed E-state index contributed by atoms with van der Waals surface area (Å²) in [5, 5.41) is 12.4. The molecular weight excluding hydrogens is 651 g/mol. The molecular formula is C47H34N5O-. The van der Waals surface area contributed by atoms with Crippen molar-refractivity contribution in [2.75, 3.05) is 5.32 Å². The van der Waals surface area contributed by atoms with Gasteiger partial charge in [-0.2, -0.15) is 0 Å². The minimum absolute atomic E-state index is 0.0246. The van der Waals surface area contributed by atoms with Crippen LogP contribution in [-0.4, -0.2) is 11.7 Å². The van der Waals surface area contributed by atoms with Gasteiger partial charge in [0.2, 0.25) is 0 Å². The molecule has 10 rings (SSSR count). The van der Waals surface area contributed by atoms with Crippen LogP contribution in [0.1, 0.15) is 51.8 Å². The van der Waals surface area contributed by atoms with Gasteiger partial charge in [0.15, 0.2) is 6.17 Å². The highest BCUT2D eigenvalue weighted by molar-refractivity contribution is 6.15. The fraction of sp³-hybridized carbons (Fsp3) is 0.0638. The van der Waals surface area contributed by atoms with Crippen LogP contribution in [0.4, 0.5) is 11.4 Å². The van der Waals surface area contributed by atoms with Gasteiger partial charge >= 0.3 is 0 Å². The lowest BCUT2D eigenvalue weighted by atomic mass is 9.85. The van der Waals surface area contributed by atoms with Crippen LogP contribution in [0.15, 0.2) is 186 Å². The number of benzene rings is 7. The van der Waals surface area contributed by atoms with Crippen LogP contribution < -0.4 is 15.4 Å². The molecule has 3 aliphatic rings. The summed E-state index contributed by atoms with van der Waals surface area (Å²) < 4.78 is 6.51. The Morgan fingerprint density at radius 2 is 1.06 bits per heavy atom. The molecule has 6 heteroatoms. The molecule has 0 radical (unpaired) electrons.